The van der Waals surface area contributed by atoms with Gasteiger partial charge < -0.3 is 14.6 Å². The van der Waals surface area contributed by atoms with Crippen LogP contribution in [0.4, 0.5) is 4.79 Å². The summed E-state index contributed by atoms with van der Waals surface area (Å²) in [6.07, 6.45) is -2.77. The number of nitrogens with zero attached hydrogens (tertiary/aromatic N) is 1. The fourth-order valence-corrected chi connectivity index (χ4v) is 3.96. The normalized spacial score (nSPS) is 21.3. The lowest BCUT2D eigenvalue weighted by Gasteiger charge is -2.32. The molecule has 0 aromatic heterocycles. The number of carbonyl (C=O) groups is 2. The van der Waals surface area contributed by atoms with Gasteiger partial charge in [0.2, 0.25) is 0 Å². The minimum absolute atomic E-state index is 0.622. The topological polar surface area (TPSA) is 76.1 Å². The predicted octanol–water partition coefficient (Wildman–Crippen LogP) is 5.30. The minimum atomic E-state index is -1.24. The van der Waals surface area contributed by atoms with Crippen LogP contribution < -0.4 is 0 Å². The second-order valence-electron chi connectivity index (χ2n) is 8.56. The molecule has 4 rings (SSSR count). The van der Waals surface area contributed by atoms with Crippen LogP contribution in [0.3, 0.4) is 0 Å². The number of carbonyl (C=O) groups excluding carboxylic acids is 1. The number of benzene rings is 3. The van der Waals surface area contributed by atoms with E-state index in [1.54, 1.807) is 32.9 Å². The highest BCUT2D eigenvalue weighted by Crippen LogP contribution is 2.45. The molecule has 1 aliphatic rings. The van der Waals surface area contributed by atoms with Gasteiger partial charge in [-0.15, -0.1) is 0 Å². The Morgan fingerprint density at radius 1 is 0.935 bits per heavy atom. The van der Waals surface area contributed by atoms with Gasteiger partial charge in [-0.25, -0.2) is 9.59 Å². The number of rotatable bonds is 3. The highest BCUT2D eigenvalue weighted by Gasteiger charge is 2.51. The molecular formula is C25H25NO5. The van der Waals surface area contributed by atoms with E-state index in [4.69, 9.17) is 9.47 Å². The van der Waals surface area contributed by atoms with E-state index in [0.717, 1.165) is 10.8 Å². The molecule has 1 amide bonds. The Bertz CT molecular complexity index is 1100. The molecule has 6 nitrogen and oxygen atoms in total. The molecule has 160 valence electrons. The van der Waals surface area contributed by atoms with Crippen molar-refractivity contribution in [2.24, 2.45) is 0 Å². The molecule has 0 spiro atoms. The number of carboxylic acids is 1. The molecule has 1 saturated heterocycles. The Balaban J connectivity index is 1.88. The number of fused-ring (bicyclic) bond motifs is 1. The third-order valence-corrected chi connectivity index (χ3v) is 5.19. The molecule has 1 aliphatic heterocycles. The van der Waals surface area contributed by atoms with Crippen LogP contribution in [0.5, 0.6) is 0 Å². The van der Waals surface area contributed by atoms with Crippen molar-refractivity contribution in [2.45, 2.75) is 44.7 Å². The van der Waals surface area contributed by atoms with Crippen molar-refractivity contribution in [3.8, 4) is 0 Å². The second kappa shape index (κ2) is 8.04. The number of carboxylic acid groups (broad SMARTS) is 1. The van der Waals surface area contributed by atoms with E-state index in [2.05, 4.69) is 0 Å². The molecule has 0 bridgehead atoms. The molecule has 6 heteroatoms. The van der Waals surface area contributed by atoms with Gasteiger partial charge in [0.1, 0.15) is 11.6 Å². The zero-order chi connectivity index (χ0) is 22.2. The van der Waals surface area contributed by atoms with Crippen LogP contribution in [0.2, 0.25) is 0 Å². The summed E-state index contributed by atoms with van der Waals surface area (Å²) in [6.45, 7) is 5.34. The molecule has 0 radical (unpaired) electrons. The van der Waals surface area contributed by atoms with Crippen molar-refractivity contribution >= 4 is 22.8 Å². The van der Waals surface area contributed by atoms with Crippen LogP contribution >= 0.6 is 0 Å². The smallest absolute Gasteiger partial charge is 0.413 e. The Labute approximate surface area is 181 Å². The number of hydrogen-bond donors (Lipinski definition) is 1. The Morgan fingerprint density at radius 3 is 2.26 bits per heavy atom. The quantitative estimate of drug-likeness (QED) is 0.623. The highest BCUT2D eigenvalue weighted by atomic mass is 16.6. The first kappa shape index (κ1) is 20.9. The summed E-state index contributed by atoms with van der Waals surface area (Å²) in [5.74, 6) is -1.13. The third-order valence-electron chi connectivity index (χ3n) is 5.19. The SMILES string of the molecule is CC(C)(C)OC(=O)N1[C@@H](c2cccc3ccccc23)O[C@@H](C(=O)O)[C@@H]1c1ccccc1. The molecule has 0 aliphatic carbocycles. The third kappa shape index (κ3) is 4.11. The van der Waals surface area contributed by atoms with Gasteiger partial charge in [-0.05, 0) is 37.1 Å². The maximum atomic E-state index is 13.4. The largest absolute Gasteiger partial charge is 0.479 e. The van der Waals surface area contributed by atoms with E-state index in [1.165, 1.54) is 4.90 Å². The number of amides is 1. The van der Waals surface area contributed by atoms with Crippen molar-refractivity contribution in [3.63, 3.8) is 0 Å². The van der Waals surface area contributed by atoms with E-state index >= 15 is 0 Å². The molecule has 3 aromatic rings. The summed E-state index contributed by atoms with van der Waals surface area (Å²) < 4.78 is 11.7. The molecule has 1 N–H and O–H groups in total. The van der Waals surface area contributed by atoms with E-state index < -0.39 is 36.0 Å². The predicted molar refractivity (Wildman–Crippen MR) is 116 cm³/mol. The van der Waals surface area contributed by atoms with Gasteiger partial charge in [0, 0.05) is 5.56 Å². The lowest BCUT2D eigenvalue weighted by molar-refractivity contribution is -0.150. The minimum Gasteiger partial charge on any atom is -0.479 e. The second-order valence-corrected chi connectivity index (χ2v) is 8.56. The van der Waals surface area contributed by atoms with E-state index in [0.29, 0.717) is 11.1 Å². The fraction of sp³-hybridized carbons (Fsp3) is 0.280. The van der Waals surface area contributed by atoms with Crippen molar-refractivity contribution < 1.29 is 24.2 Å². The summed E-state index contributed by atoms with van der Waals surface area (Å²) in [6, 6.07) is 21.7. The number of aliphatic carboxylic acids is 1. The Morgan fingerprint density at radius 2 is 1.58 bits per heavy atom. The van der Waals surface area contributed by atoms with Gasteiger partial charge in [0.15, 0.2) is 12.3 Å². The maximum absolute atomic E-state index is 13.4. The van der Waals surface area contributed by atoms with E-state index in [1.807, 2.05) is 60.7 Å². The van der Waals surface area contributed by atoms with E-state index in [-0.39, 0.29) is 0 Å². The molecule has 3 atom stereocenters. The molecule has 3 aromatic carbocycles. The summed E-state index contributed by atoms with van der Waals surface area (Å²) in [5, 5.41) is 11.8. The molecule has 0 saturated carbocycles. The van der Waals surface area contributed by atoms with Crippen LogP contribution in [0, 0.1) is 0 Å². The van der Waals surface area contributed by atoms with Crippen LogP contribution in [-0.4, -0.2) is 33.8 Å². The summed E-state index contributed by atoms with van der Waals surface area (Å²) >= 11 is 0. The van der Waals surface area contributed by atoms with Crippen molar-refractivity contribution in [1.29, 1.82) is 0 Å². The van der Waals surface area contributed by atoms with Crippen molar-refractivity contribution in [3.05, 3.63) is 83.9 Å². The van der Waals surface area contributed by atoms with Gasteiger partial charge >= 0.3 is 12.1 Å². The van der Waals surface area contributed by atoms with Gasteiger partial charge in [0.05, 0.1) is 0 Å². The van der Waals surface area contributed by atoms with Crippen molar-refractivity contribution in [1.82, 2.24) is 4.90 Å². The van der Waals surface area contributed by atoms with Gasteiger partial charge in [0.25, 0.3) is 0 Å². The average molecular weight is 419 g/mol. The molecule has 1 heterocycles. The Kier molecular flexibility index (Phi) is 5.41. The standard InChI is InChI=1S/C25H25NO5/c1-25(2,3)31-24(29)26-20(17-11-5-4-6-12-17)21(23(27)28)30-22(26)19-15-9-13-16-10-7-8-14-18(16)19/h4-15,20-22H,1-3H3,(H,27,28)/t20-,21+,22+/m0/s1. The number of ether oxygens (including phenoxy) is 2. The zero-order valence-corrected chi connectivity index (χ0v) is 17.7. The fourth-order valence-electron chi connectivity index (χ4n) is 3.96. The molecular weight excluding hydrogens is 394 g/mol. The first-order chi connectivity index (χ1) is 14.8. The average Bonchev–Trinajstić information content (AvgIpc) is 3.14. The number of hydrogen-bond acceptors (Lipinski definition) is 4. The molecule has 1 fully saturated rings. The monoisotopic (exact) mass is 419 g/mol. The summed E-state index contributed by atoms with van der Waals surface area (Å²) in [7, 11) is 0. The van der Waals surface area contributed by atoms with Crippen LogP contribution in [0.15, 0.2) is 72.8 Å². The van der Waals surface area contributed by atoms with Crippen LogP contribution in [0.1, 0.15) is 44.2 Å². The van der Waals surface area contributed by atoms with Gasteiger partial charge in [-0.3, -0.25) is 4.90 Å². The maximum Gasteiger partial charge on any atom is 0.413 e. The Hall–Kier alpha value is -3.38. The molecule has 31 heavy (non-hydrogen) atoms. The lowest BCUT2D eigenvalue weighted by atomic mass is 9.99. The van der Waals surface area contributed by atoms with Gasteiger partial charge in [-0.2, -0.15) is 0 Å². The van der Waals surface area contributed by atoms with E-state index in [9.17, 15) is 14.7 Å². The molecule has 0 unspecified atom stereocenters. The first-order valence-corrected chi connectivity index (χ1v) is 10.2. The zero-order valence-electron chi connectivity index (χ0n) is 17.7. The van der Waals surface area contributed by atoms with Gasteiger partial charge in [-0.1, -0.05) is 72.8 Å². The van der Waals surface area contributed by atoms with Crippen molar-refractivity contribution in [2.75, 3.05) is 0 Å². The highest BCUT2D eigenvalue weighted by molar-refractivity contribution is 5.87. The van der Waals surface area contributed by atoms with Crippen LogP contribution in [-0.2, 0) is 14.3 Å². The summed E-state index contributed by atoms with van der Waals surface area (Å²) in [4.78, 5) is 27.0. The summed E-state index contributed by atoms with van der Waals surface area (Å²) in [5.41, 5.74) is 0.639. The lowest BCUT2D eigenvalue weighted by Crippen LogP contribution is -2.40. The van der Waals surface area contributed by atoms with Crippen LogP contribution in [0.25, 0.3) is 10.8 Å². The first-order valence-electron chi connectivity index (χ1n) is 10.2.